The number of alkyl halides is 1. The summed E-state index contributed by atoms with van der Waals surface area (Å²) in [4.78, 5) is 11.4. The van der Waals surface area contributed by atoms with Crippen LogP contribution in [0.25, 0.3) is 0 Å². The molecule has 1 rings (SSSR count). The number of hydroxylamine groups is 2. The smallest absolute Gasteiger partial charge is 0.230 e. The van der Waals surface area contributed by atoms with Crippen molar-refractivity contribution in [2.45, 2.75) is 57.7 Å². The van der Waals surface area contributed by atoms with Crippen LogP contribution in [0, 0.1) is 5.21 Å². The van der Waals surface area contributed by atoms with Crippen molar-refractivity contribution in [2.75, 3.05) is 4.43 Å². The van der Waals surface area contributed by atoms with Crippen LogP contribution in [0.3, 0.4) is 0 Å². The van der Waals surface area contributed by atoms with Crippen LogP contribution >= 0.6 is 22.6 Å². The fourth-order valence-electron chi connectivity index (χ4n) is 2.77. The summed E-state index contributed by atoms with van der Waals surface area (Å²) in [7, 11) is 0. The summed E-state index contributed by atoms with van der Waals surface area (Å²) in [6, 6.07) is 0.130. The van der Waals surface area contributed by atoms with E-state index in [1.165, 1.54) is 0 Å². The highest BCUT2D eigenvalue weighted by molar-refractivity contribution is 14.1. The molecule has 1 saturated heterocycles. The number of quaternary nitrogens is 1. The van der Waals surface area contributed by atoms with E-state index in [0.29, 0.717) is 9.49 Å². The Morgan fingerprint density at radius 1 is 1.38 bits per heavy atom. The molecule has 1 aliphatic rings. The summed E-state index contributed by atoms with van der Waals surface area (Å²) in [5, 5.41) is 15.5. The third-order valence-electron chi connectivity index (χ3n) is 3.23. The molecule has 4 nitrogen and oxygen atoms in total. The molecule has 16 heavy (non-hydrogen) atoms. The van der Waals surface area contributed by atoms with Gasteiger partial charge in [-0.05, 0) is 27.7 Å². The summed E-state index contributed by atoms with van der Waals surface area (Å²) in [6.07, 6.45) is 1.50. The maximum atomic E-state index is 12.2. The second-order valence-electron chi connectivity index (χ2n) is 5.90. The van der Waals surface area contributed by atoms with Gasteiger partial charge in [0.15, 0.2) is 0 Å². The number of hydrogen-bond donors (Lipinski definition) is 2. The fourth-order valence-corrected chi connectivity index (χ4v) is 2.99. The van der Waals surface area contributed by atoms with Crippen LogP contribution in [-0.4, -0.2) is 27.5 Å². The van der Waals surface area contributed by atoms with Gasteiger partial charge in [0.2, 0.25) is 5.91 Å². The molecule has 0 aromatic heterocycles. The van der Waals surface area contributed by atoms with Crippen LogP contribution in [0.15, 0.2) is 0 Å². The average molecular weight is 340 g/mol. The van der Waals surface area contributed by atoms with E-state index in [2.05, 4.69) is 27.9 Å². The van der Waals surface area contributed by atoms with Crippen molar-refractivity contribution in [1.29, 1.82) is 0 Å². The van der Waals surface area contributed by atoms with Gasteiger partial charge in [0.05, 0.1) is 15.5 Å². The highest BCUT2D eigenvalue weighted by Gasteiger charge is 2.45. The highest BCUT2D eigenvalue weighted by Crippen LogP contribution is 2.23. The molecule has 0 aromatic carbocycles. The van der Waals surface area contributed by atoms with E-state index in [9.17, 15) is 10.0 Å². The first-order valence-electron chi connectivity index (χ1n) is 5.59. The molecular weight excluding hydrogens is 319 g/mol. The van der Waals surface area contributed by atoms with Gasteiger partial charge < -0.3 is 15.6 Å². The van der Waals surface area contributed by atoms with Crippen LogP contribution < -0.4 is 10.4 Å². The van der Waals surface area contributed by atoms with Crippen molar-refractivity contribution in [3.05, 3.63) is 5.21 Å². The molecule has 1 fully saturated rings. The van der Waals surface area contributed by atoms with Crippen molar-refractivity contribution < 1.29 is 9.86 Å². The Morgan fingerprint density at radius 2 is 1.81 bits per heavy atom. The predicted molar refractivity (Wildman–Crippen MR) is 72.5 cm³/mol. The van der Waals surface area contributed by atoms with Gasteiger partial charge in [-0.2, -0.15) is 0 Å². The lowest BCUT2D eigenvalue weighted by molar-refractivity contribution is -0.955. The molecule has 0 atom stereocenters. The maximum absolute atomic E-state index is 12.2. The Bertz CT molecular complexity index is 261. The lowest BCUT2D eigenvalue weighted by atomic mass is 9.79. The van der Waals surface area contributed by atoms with Crippen molar-refractivity contribution in [3.8, 4) is 0 Å². The van der Waals surface area contributed by atoms with Gasteiger partial charge in [-0.25, -0.2) is 0 Å². The minimum Gasteiger partial charge on any atom is -0.634 e. The molecule has 0 saturated carbocycles. The van der Waals surface area contributed by atoms with E-state index in [1.807, 2.05) is 27.7 Å². The minimum atomic E-state index is -0.328. The molecule has 0 radical (unpaired) electrons. The summed E-state index contributed by atoms with van der Waals surface area (Å²) in [6.45, 7) is 7.89. The number of halogens is 1. The zero-order valence-electron chi connectivity index (χ0n) is 10.4. The molecule has 2 N–H and O–H groups in total. The summed E-state index contributed by atoms with van der Waals surface area (Å²) < 4.78 is 0.475. The lowest BCUT2D eigenvalue weighted by Crippen LogP contribution is -3.23. The third kappa shape index (κ3) is 3.07. The van der Waals surface area contributed by atoms with Gasteiger partial charge in [0, 0.05) is 18.9 Å². The predicted octanol–water partition coefficient (Wildman–Crippen LogP) is 0.640. The van der Waals surface area contributed by atoms with E-state index >= 15 is 0 Å². The molecule has 0 aromatic rings. The average Bonchev–Trinajstić information content (AvgIpc) is 2.13. The number of rotatable bonds is 2. The fraction of sp³-hybridized carbons (Fsp3) is 0.909. The van der Waals surface area contributed by atoms with E-state index < -0.39 is 0 Å². The third-order valence-corrected chi connectivity index (χ3v) is 3.92. The van der Waals surface area contributed by atoms with Gasteiger partial charge >= 0.3 is 0 Å². The van der Waals surface area contributed by atoms with Crippen molar-refractivity contribution >= 4 is 28.5 Å². The Hall–Kier alpha value is 0.120. The molecule has 0 bridgehead atoms. The van der Waals surface area contributed by atoms with Crippen LogP contribution in [0.1, 0.15) is 40.5 Å². The summed E-state index contributed by atoms with van der Waals surface area (Å²) >= 11 is 2.05. The molecule has 94 valence electrons. The van der Waals surface area contributed by atoms with E-state index in [1.54, 1.807) is 0 Å². The monoisotopic (exact) mass is 340 g/mol. The SMILES string of the molecule is CC1(C)CC(NC(=O)CI)CC(C)(C)[NH+]1[O-]. The Morgan fingerprint density at radius 3 is 2.19 bits per heavy atom. The van der Waals surface area contributed by atoms with Crippen molar-refractivity contribution in [1.82, 2.24) is 5.32 Å². The number of nitrogens with one attached hydrogen (secondary N) is 2. The normalized spacial score (nSPS) is 32.1. The van der Waals surface area contributed by atoms with Crippen molar-refractivity contribution in [3.63, 3.8) is 0 Å². The molecular formula is C11H21IN2O2. The quantitative estimate of drug-likeness (QED) is 0.440. The molecule has 1 amide bonds. The number of amides is 1. The first-order valence-corrected chi connectivity index (χ1v) is 7.12. The summed E-state index contributed by atoms with van der Waals surface area (Å²) in [5.41, 5.74) is -0.657. The zero-order chi connectivity index (χ0) is 12.6. The van der Waals surface area contributed by atoms with Crippen molar-refractivity contribution in [2.24, 2.45) is 0 Å². The largest absolute Gasteiger partial charge is 0.634 e. The van der Waals surface area contributed by atoms with E-state index in [-0.39, 0.29) is 23.0 Å². The van der Waals surface area contributed by atoms with Gasteiger partial charge in [-0.1, -0.05) is 22.6 Å². The van der Waals surface area contributed by atoms with Crippen LogP contribution in [0.2, 0.25) is 0 Å². The number of hydrogen-bond acceptors (Lipinski definition) is 2. The van der Waals surface area contributed by atoms with Gasteiger partial charge in [-0.3, -0.25) is 4.79 Å². The standard InChI is InChI=1S/C11H21IN2O2/c1-10(2)5-8(13-9(15)7-12)6-11(3,4)14(10)16/h8,14H,5-7H2,1-4H3,(H,13,15). The Balaban J connectivity index is 2.75. The first kappa shape index (κ1) is 14.2. The zero-order valence-corrected chi connectivity index (χ0v) is 12.6. The molecule has 0 spiro atoms. The second kappa shape index (κ2) is 4.78. The Kier molecular flexibility index (Phi) is 4.23. The van der Waals surface area contributed by atoms with E-state index in [4.69, 9.17) is 0 Å². The molecule has 0 unspecified atom stereocenters. The maximum Gasteiger partial charge on any atom is 0.230 e. The number of carbonyl (C=O) groups excluding carboxylic acids is 1. The number of carbonyl (C=O) groups is 1. The summed E-state index contributed by atoms with van der Waals surface area (Å²) in [5.74, 6) is 0.0616. The molecule has 1 aliphatic heterocycles. The van der Waals surface area contributed by atoms with Gasteiger partial charge in [0.1, 0.15) is 0 Å². The lowest BCUT2D eigenvalue weighted by Gasteiger charge is -2.54. The van der Waals surface area contributed by atoms with Crippen LogP contribution in [0.5, 0.6) is 0 Å². The topological polar surface area (TPSA) is 56.6 Å². The molecule has 5 heteroatoms. The Labute approximate surface area is 111 Å². The molecule has 0 aliphatic carbocycles. The van der Waals surface area contributed by atoms with Gasteiger partial charge in [0.25, 0.3) is 0 Å². The van der Waals surface area contributed by atoms with Gasteiger partial charge in [-0.15, -0.1) is 0 Å². The minimum absolute atomic E-state index is 0.0616. The van der Waals surface area contributed by atoms with Crippen LogP contribution in [0.4, 0.5) is 0 Å². The number of piperidine rings is 1. The van der Waals surface area contributed by atoms with E-state index in [0.717, 1.165) is 12.8 Å². The second-order valence-corrected chi connectivity index (χ2v) is 6.67. The first-order chi connectivity index (χ1) is 7.19. The molecule has 1 heterocycles. The van der Waals surface area contributed by atoms with Crippen LogP contribution in [-0.2, 0) is 4.79 Å². The highest BCUT2D eigenvalue weighted by atomic mass is 127.